The third-order valence-electron chi connectivity index (χ3n) is 2.03. The lowest BCUT2D eigenvalue weighted by Gasteiger charge is -1.98. The number of pyridine rings is 1. The van der Waals surface area contributed by atoms with Gasteiger partial charge in [-0.05, 0) is 12.1 Å². The summed E-state index contributed by atoms with van der Waals surface area (Å²) in [6.07, 6.45) is 1.34. The van der Waals surface area contributed by atoms with Crippen molar-refractivity contribution in [2.45, 2.75) is 0 Å². The first-order chi connectivity index (χ1) is 8.11. The Morgan fingerprint density at radius 3 is 2.88 bits per heavy atom. The van der Waals surface area contributed by atoms with Gasteiger partial charge in [0.25, 0.3) is 0 Å². The highest BCUT2D eigenvalue weighted by Gasteiger charge is 2.14. The Morgan fingerprint density at radius 2 is 2.29 bits per heavy atom. The first-order valence-electron chi connectivity index (χ1n) is 4.58. The van der Waals surface area contributed by atoms with Gasteiger partial charge in [-0.2, -0.15) is 10.4 Å². The van der Waals surface area contributed by atoms with E-state index < -0.39 is 5.97 Å². The van der Waals surface area contributed by atoms with Crippen molar-refractivity contribution in [3.8, 4) is 11.9 Å². The van der Waals surface area contributed by atoms with Crippen LogP contribution in [0.3, 0.4) is 0 Å². The molecule has 2 aromatic heterocycles. The van der Waals surface area contributed by atoms with Crippen LogP contribution < -0.4 is 5.73 Å². The summed E-state index contributed by atoms with van der Waals surface area (Å²) >= 11 is 0. The summed E-state index contributed by atoms with van der Waals surface area (Å²) in [6.45, 7) is 0. The van der Waals surface area contributed by atoms with E-state index in [-0.39, 0.29) is 17.1 Å². The number of carbonyl (C=O) groups is 1. The third-order valence-corrected chi connectivity index (χ3v) is 2.03. The molecule has 0 radical (unpaired) electrons. The van der Waals surface area contributed by atoms with E-state index >= 15 is 0 Å². The molecule has 17 heavy (non-hydrogen) atoms. The SMILES string of the molecule is N#Cc1cccc(-n2cc(N)c(C(=O)O)n2)n1. The Bertz CT molecular complexity index is 626. The van der Waals surface area contributed by atoms with E-state index in [9.17, 15) is 4.79 Å². The number of aromatic carboxylic acids is 1. The van der Waals surface area contributed by atoms with Gasteiger partial charge in [-0.25, -0.2) is 14.5 Å². The summed E-state index contributed by atoms with van der Waals surface area (Å²) < 4.78 is 1.22. The highest BCUT2D eigenvalue weighted by Crippen LogP contribution is 2.12. The molecule has 2 heterocycles. The van der Waals surface area contributed by atoms with Crippen LogP contribution in [0.5, 0.6) is 0 Å². The minimum Gasteiger partial charge on any atom is -0.476 e. The van der Waals surface area contributed by atoms with Crippen molar-refractivity contribution in [1.29, 1.82) is 5.26 Å². The molecule has 2 rings (SSSR count). The maximum Gasteiger partial charge on any atom is 0.358 e. The lowest BCUT2D eigenvalue weighted by molar-refractivity contribution is 0.0691. The Kier molecular flexibility index (Phi) is 2.46. The van der Waals surface area contributed by atoms with Gasteiger partial charge in [0.15, 0.2) is 11.5 Å². The van der Waals surface area contributed by atoms with Gasteiger partial charge in [-0.3, -0.25) is 0 Å². The summed E-state index contributed by atoms with van der Waals surface area (Å²) in [4.78, 5) is 14.7. The molecular formula is C10H7N5O2. The lowest BCUT2D eigenvalue weighted by atomic mass is 10.3. The van der Waals surface area contributed by atoms with Crippen LogP contribution in [0.1, 0.15) is 16.2 Å². The predicted molar refractivity (Wildman–Crippen MR) is 57.4 cm³/mol. The molecule has 0 unspecified atom stereocenters. The Hall–Kier alpha value is -2.88. The maximum absolute atomic E-state index is 10.8. The molecule has 0 aliphatic carbocycles. The van der Waals surface area contributed by atoms with Gasteiger partial charge >= 0.3 is 5.97 Å². The van der Waals surface area contributed by atoms with Crippen molar-refractivity contribution >= 4 is 11.7 Å². The smallest absolute Gasteiger partial charge is 0.358 e. The first kappa shape index (κ1) is 10.6. The largest absolute Gasteiger partial charge is 0.476 e. The molecule has 0 spiro atoms. The van der Waals surface area contributed by atoms with Crippen molar-refractivity contribution < 1.29 is 9.90 Å². The van der Waals surface area contributed by atoms with Crippen LogP contribution in [0.25, 0.3) is 5.82 Å². The van der Waals surface area contributed by atoms with E-state index in [1.807, 2.05) is 6.07 Å². The average molecular weight is 229 g/mol. The van der Waals surface area contributed by atoms with Crippen LogP contribution in [0.2, 0.25) is 0 Å². The van der Waals surface area contributed by atoms with Crippen LogP contribution in [-0.2, 0) is 0 Å². The zero-order chi connectivity index (χ0) is 12.4. The Labute approximate surface area is 95.7 Å². The maximum atomic E-state index is 10.8. The number of nitrogens with zero attached hydrogens (tertiary/aromatic N) is 4. The number of carboxylic acid groups (broad SMARTS) is 1. The van der Waals surface area contributed by atoms with Gasteiger partial charge < -0.3 is 10.8 Å². The fourth-order valence-electron chi connectivity index (χ4n) is 1.28. The van der Waals surface area contributed by atoms with Crippen LogP contribution >= 0.6 is 0 Å². The summed E-state index contributed by atoms with van der Waals surface area (Å²) in [6, 6.07) is 6.64. The molecule has 7 nitrogen and oxygen atoms in total. The van der Waals surface area contributed by atoms with Crippen molar-refractivity contribution in [2.24, 2.45) is 0 Å². The minimum absolute atomic E-state index is 0.0432. The van der Waals surface area contributed by atoms with Crippen LogP contribution in [0.4, 0.5) is 5.69 Å². The van der Waals surface area contributed by atoms with E-state index in [0.29, 0.717) is 5.82 Å². The fourth-order valence-corrected chi connectivity index (χ4v) is 1.28. The molecule has 0 amide bonds. The van der Waals surface area contributed by atoms with E-state index in [1.165, 1.54) is 16.9 Å². The molecule has 0 saturated carbocycles. The van der Waals surface area contributed by atoms with Crippen molar-refractivity contribution in [3.63, 3.8) is 0 Å². The van der Waals surface area contributed by atoms with E-state index in [0.717, 1.165) is 0 Å². The highest BCUT2D eigenvalue weighted by molar-refractivity contribution is 5.91. The molecule has 2 aromatic rings. The van der Waals surface area contributed by atoms with Crippen molar-refractivity contribution in [2.75, 3.05) is 5.73 Å². The zero-order valence-electron chi connectivity index (χ0n) is 8.53. The van der Waals surface area contributed by atoms with E-state index in [1.54, 1.807) is 12.1 Å². The molecule has 0 bridgehead atoms. The molecule has 0 aromatic carbocycles. The number of nitriles is 1. The summed E-state index contributed by atoms with van der Waals surface area (Å²) in [5.74, 6) is -0.874. The number of anilines is 1. The number of hydrogen-bond donors (Lipinski definition) is 2. The number of aromatic nitrogens is 3. The number of nitrogens with two attached hydrogens (primary N) is 1. The second-order valence-electron chi connectivity index (χ2n) is 3.18. The van der Waals surface area contributed by atoms with Crippen molar-refractivity contribution in [3.05, 3.63) is 35.8 Å². The number of carboxylic acids is 1. The lowest BCUT2D eigenvalue weighted by Crippen LogP contribution is -2.03. The zero-order valence-corrected chi connectivity index (χ0v) is 8.53. The Morgan fingerprint density at radius 1 is 1.53 bits per heavy atom. The van der Waals surface area contributed by atoms with Crippen molar-refractivity contribution in [1.82, 2.24) is 14.8 Å². The minimum atomic E-state index is -1.21. The first-order valence-corrected chi connectivity index (χ1v) is 4.58. The predicted octanol–water partition coefficient (Wildman–Crippen LogP) is 0.419. The molecule has 0 fully saturated rings. The van der Waals surface area contributed by atoms with Gasteiger partial charge in [0, 0.05) is 0 Å². The fraction of sp³-hybridized carbons (Fsp3) is 0. The molecule has 0 atom stereocenters. The summed E-state index contributed by atoms with van der Waals surface area (Å²) in [7, 11) is 0. The second kappa shape index (κ2) is 3.94. The molecule has 0 aliphatic rings. The molecule has 3 N–H and O–H groups in total. The molecule has 84 valence electrons. The monoisotopic (exact) mass is 229 g/mol. The normalized spacial score (nSPS) is 9.82. The topological polar surface area (TPSA) is 118 Å². The van der Waals surface area contributed by atoms with Gasteiger partial charge in [-0.1, -0.05) is 6.07 Å². The molecule has 7 heteroatoms. The van der Waals surface area contributed by atoms with Crippen LogP contribution in [0, 0.1) is 11.3 Å². The summed E-state index contributed by atoms with van der Waals surface area (Å²) in [5.41, 5.74) is 5.51. The molecular weight excluding hydrogens is 222 g/mol. The highest BCUT2D eigenvalue weighted by atomic mass is 16.4. The van der Waals surface area contributed by atoms with Gasteiger partial charge in [-0.15, -0.1) is 0 Å². The standard InChI is InChI=1S/C10H7N5O2/c11-4-6-2-1-3-8(13-6)15-5-7(12)9(14-15)10(16)17/h1-3,5H,12H2,(H,16,17). The number of rotatable bonds is 2. The van der Waals surface area contributed by atoms with E-state index in [2.05, 4.69) is 10.1 Å². The average Bonchev–Trinajstić information content (AvgIpc) is 2.71. The number of nitrogen functional groups attached to an aromatic ring is 1. The third kappa shape index (κ3) is 1.91. The molecule has 0 aliphatic heterocycles. The van der Waals surface area contributed by atoms with Gasteiger partial charge in [0.2, 0.25) is 0 Å². The quantitative estimate of drug-likeness (QED) is 0.770. The van der Waals surface area contributed by atoms with Crippen LogP contribution in [0.15, 0.2) is 24.4 Å². The van der Waals surface area contributed by atoms with Gasteiger partial charge in [0.1, 0.15) is 11.8 Å². The number of hydrogen-bond acceptors (Lipinski definition) is 5. The second-order valence-corrected chi connectivity index (χ2v) is 3.18. The van der Waals surface area contributed by atoms with Crippen LogP contribution in [-0.4, -0.2) is 25.8 Å². The van der Waals surface area contributed by atoms with Gasteiger partial charge in [0.05, 0.1) is 11.9 Å². The Balaban J connectivity index is 2.50. The summed E-state index contributed by atoms with van der Waals surface area (Å²) in [5, 5.41) is 21.3. The molecule has 0 saturated heterocycles. The van der Waals surface area contributed by atoms with E-state index in [4.69, 9.17) is 16.1 Å².